The highest BCUT2D eigenvalue weighted by Crippen LogP contribution is 2.31. The maximum atomic E-state index is 12.3. The molecule has 3 rings (SSSR count). The predicted octanol–water partition coefficient (Wildman–Crippen LogP) is 2.17. The number of ether oxygens (including phenoxy) is 2. The molecule has 0 spiro atoms. The van der Waals surface area contributed by atoms with E-state index in [-0.39, 0.29) is 11.8 Å². The number of methoxy groups -OCH3 is 1. The Hall–Kier alpha value is -2.50. The molecule has 1 aliphatic rings. The monoisotopic (exact) mass is 301 g/mol. The van der Waals surface area contributed by atoms with Crippen molar-refractivity contribution >= 4 is 11.7 Å². The van der Waals surface area contributed by atoms with Gasteiger partial charge in [-0.1, -0.05) is 13.0 Å². The van der Waals surface area contributed by atoms with Gasteiger partial charge in [0.1, 0.15) is 18.1 Å². The Bertz CT molecular complexity index is 681. The molecule has 1 atom stereocenters. The molecule has 1 aromatic heterocycles. The molecule has 0 saturated carbocycles. The number of amides is 1. The number of benzene rings is 1. The van der Waals surface area contributed by atoms with E-state index in [1.54, 1.807) is 7.11 Å². The van der Waals surface area contributed by atoms with Gasteiger partial charge in [-0.15, -0.1) is 0 Å². The van der Waals surface area contributed by atoms with Gasteiger partial charge in [-0.3, -0.25) is 9.89 Å². The molecule has 0 radical (unpaired) electrons. The number of aromatic amines is 1. The zero-order chi connectivity index (χ0) is 15.5. The fourth-order valence-electron chi connectivity index (χ4n) is 2.48. The lowest BCUT2D eigenvalue weighted by atomic mass is 9.96. The Morgan fingerprint density at radius 2 is 2.36 bits per heavy atom. The highest BCUT2D eigenvalue weighted by atomic mass is 16.5. The first-order valence-corrected chi connectivity index (χ1v) is 7.34. The minimum absolute atomic E-state index is 0.0735. The molecule has 1 aromatic carbocycles. The smallest absolute Gasteiger partial charge is 0.232 e. The average Bonchev–Trinajstić information content (AvgIpc) is 3.01. The first-order valence-electron chi connectivity index (χ1n) is 7.34. The number of hydrogen-bond donors (Lipinski definition) is 2. The van der Waals surface area contributed by atoms with Gasteiger partial charge in [-0.25, -0.2) is 0 Å². The number of anilines is 1. The number of carbonyl (C=O) groups is 1. The summed E-state index contributed by atoms with van der Waals surface area (Å²) in [7, 11) is 1.62. The summed E-state index contributed by atoms with van der Waals surface area (Å²) < 4.78 is 10.9. The number of aryl methyl sites for hydroxylation is 1. The van der Waals surface area contributed by atoms with Gasteiger partial charge in [0, 0.05) is 17.8 Å². The number of fused-ring (bicyclic) bond motifs is 1. The third kappa shape index (κ3) is 2.90. The van der Waals surface area contributed by atoms with Crippen molar-refractivity contribution in [1.82, 2.24) is 10.2 Å². The fourth-order valence-corrected chi connectivity index (χ4v) is 2.48. The average molecular weight is 301 g/mol. The lowest BCUT2D eigenvalue weighted by Crippen LogP contribution is -2.32. The van der Waals surface area contributed by atoms with Gasteiger partial charge in [-0.05, 0) is 24.5 Å². The predicted molar refractivity (Wildman–Crippen MR) is 82.3 cm³/mol. The summed E-state index contributed by atoms with van der Waals surface area (Å²) in [6, 6.07) is 7.52. The molecule has 22 heavy (non-hydrogen) atoms. The number of H-pyrrole nitrogens is 1. The van der Waals surface area contributed by atoms with Crippen LogP contribution < -0.4 is 14.8 Å². The van der Waals surface area contributed by atoms with E-state index >= 15 is 0 Å². The lowest BCUT2D eigenvalue weighted by Gasteiger charge is -2.24. The molecular formula is C16H19N3O3. The molecule has 1 aliphatic heterocycles. The Kier molecular flexibility index (Phi) is 4.00. The summed E-state index contributed by atoms with van der Waals surface area (Å²) in [5, 5.41) is 9.79. The van der Waals surface area contributed by atoms with E-state index in [1.165, 1.54) is 0 Å². The van der Waals surface area contributed by atoms with E-state index in [2.05, 4.69) is 15.5 Å². The van der Waals surface area contributed by atoms with Crippen LogP contribution in [0.15, 0.2) is 24.3 Å². The Labute approximate surface area is 128 Å². The molecule has 2 heterocycles. The van der Waals surface area contributed by atoms with Crippen LogP contribution >= 0.6 is 0 Å². The summed E-state index contributed by atoms with van der Waals surface area (Å²) in [5.74, 6) is 1.81. The molecular weight excluding hydrogens is 282 g/mol. The van der Waals surface area contributed by atoms with Crippen molar-refractivity contribution in [1.29, 1.82) is 0 Å². The maximum Gasteiger partial charge on any atom is 0.232 e. The van der Waals surface area contributed by atoms with Crippen LogP contribution in [0.4, 0.5) is 5.82 Å². The second-order valence-corrected chi connectivity index (χ2v) is 5.31. The number of nitrogens with zero attached hydrogens (tertiary/aromatic N) is 1. The lowest BCUT2D eigenvalue weighted by molar-refractivity contribution is -0.121. The van der Waals surface area contributed by atoms with Crippen LogP contribution in [0.2, 0.25) is 0 Å². The third-order valence-corrected chi connectivity index (χ3v) is 3.81. The van der Waals surface area contributed by atoms with Crippen molar-refractivity contribution in [3.8, 4) is 11.5 Å². The number of hydrogen-bond acceptors (Lipinski definition) is 4. The van der Waals surface area contributed by atoms with Crippen LogP contribution in [0.25, 0.3) is 0 Å². The van der Waals surface area contributed by atoms with E-state index in [0.717, 1.165) is 29.2 Å². The topological polar surface area (TPSA) is 76.2 Å². The van der Waals surface area contributed by atoms with Gasteiger partial charge >= 0.3 is 0 Å². The number of rotatable bonds is 4. The summed E-state index contributed by atoms with van der Waals surface area (Å²) in [6.07, 6.45) is 1.50. The minimum atomic E-state index is -0.220. The second kappa shape index (κ2) is 6.09. The molecule has 0 aliphatic carbocycles. The molecule has 0 bridgehead atoms. The largest absolute Gasteiger partial charge is 0.497 e. The van der Waals surface area contributed by atoms with Crippen LogP contribution in [0, 0.1) is 5.92 Å². The van der Waals surface area contributed by atoms with Crippen LogP contribution in [-0.4, -0.2) is 29.8 Å². The second-order valence-electron chi connectivity index (χ2n) is 5.31. The molecule has 2 N–H and O–H groups in total. The molecule has 2 aromatic rings. The van der Waals surface area contributed by atoms with Crippen LogP contribution in [-0.2, 0) is 17.6 Å². The van der Waals surface area contributed by atoms with Crippen molar-refractivity contribution in [2.45, 2.75) is 19.8 Å². The number of nitrogens with one attached hydrogen (secondary N) is 2. The highest BCUT2D eigenvalue weighted by molar-refractivity contribution is 5.92. The molecule has 1 amide bonds. The van der Waals surface area contributed by atoms with E-state index < -0.39 is 0 Å². The Balaban J connectivity index is 1.67. The van der Waals surface area contributed by atoms with Gasteiger partial charge in [0.15, 0.2) is 5.82 Å². The first-order chi connectivity index (χ1) is 10.7. The van der Waals surface area contributed by atoms with Gasteiger partial charge in [0.2, 0.25) is 5.91 Å². The number of aromatic nitrogens is 2. The summed E-state index contributed by atoms with van der Waals surface area (Å²) >= 11 is 0. The van der Waals surface area contributed by atoms with Crippen molar-refractivity contribution in [3.05, 3.63) is 35.5 Å². The highest BCUT2D eigenvalue weighted by Gasteiger charge is 2.26. The normalized spacial score (nSPS) is 16.5. The van der Waals surface area contributed by atoms with Crippen molar-refractivity contribution in [3.63, 3.8) is 0 Å². The quantitative estimate of drug-likeness (QED) is 0.907. The molecule has 116 valence electrons. The maximum absolute atomic E-state index is 12.3. The SMILES string of the molecule is CCc1cc(NC(=O)C2COc3cc(OC)ccc3C2)n[nH]1. The zero-order valence-electron chi connectivity index (χ0n) is 12.7. The van der Waals surface area contributed by atoms with E-state index in [4.69, 9.17) is 9.47 Å². The molecule has 6 heteroatoms. The molecule has 0 saturated heterocycles. The third-order valence-electron chi connectivity index (χ3n) is 3.81. The Morgan fingerprint density at radius 1 is 1.50 bits per heavy atom. The minimum Gasteiger partial charge on any atom is -0.497 e. The van der Waals surface area contributed by atoms with E-state index in [1.807, 2.05) is 31.2 Å². The summed E-state index contributed by atoms with van der Waals surface area (Å²) in [4.78, 5) is 12.3. The molecule has 1 unspecified atom stereocenters. The van der Waals surface area contributed by atoms with E-state index in [9.17, 15) is 4.79 Å². The van der Waals surface area contributed by atoms with Gasteiger partial charge in [-0.2, -0.15) is 5.10 Å². The Morgan fingerprint density at radius 3 is 3.09 bits per heavy atom. The van der Waals surface area contributed by atoms with Gasteiger partial charge in [0.05, 0.1) is 13.0 Å². The van der Waals surface area contributed by atoms with E-state index in [0.29, 0.717) is 18.8 Å². The van der Waals surface area contributed by atoms with Crippen LogP contribution in [0.5, 0.6) is 11.5 Å². The summed E-state index contributed by atoms with van der Waals surface area (Å²) in [5.41, 5.74) is 2.01. The summed E-state index contributed by atoms with van der Waals surface area (Å²) in [6.45, 7) is 2.39. The zero-order valence-corrected chi connectivity index (χ0v) is 12.7. The number of carbonyl (C=O) groups excluding carboxylic acids is 1. The first kappa shape index (κ1) is 14.4. The fraction of sp³-hybridized carbons (Fsp3) is 0.375. The van der Waals surface area contributed by atoms with Crippen molar-refractivity contribution in [2.24, 2.45) is 5.92 Å². The van der Waals surface area contributed by atoms with Crippen molar-refractivity contribution in [2.75, 3.05) is 19.0 Å². The van der Waals surface area contributed by atoms with Crippen LogP contribution in [0.3, 0.4) is 0 Å². The van der Waals surface area contributed by atoms with Crippen LogP contribution in [0.1, 0.15) is 18.2 Å². The molecule has 6 nitrogen and oxygen atoms in total. The molecule has 0 fully saturated rings. The standard InChI is InChI=1S/C16H19N3O3/c1-3-12-7-15(19-18-12)17-16(20)11-6-10-4-5-13(21-2)8-14(10)22-9-11/h4-5,7-8,11H,3,6,9H2,1-2H3,(H2,17,18,19,20). The van der Waals surface area contributed by atoms with Crippen molar-refractivity contribution < 1.29 is 14.3 Å². The van der Waals surface area contributed by atoms with Gasteiger partial charge < -0.3 is 14.8 Å². The van der Waals surface area contributed by atoms with Gasteiger partial charge in [0.25, 0.3) is 0 Å².